The SMILES string of the molecule is CCOc1cccc(C2c3c(oc4cc(C)c(C)cc4c3=O)C(=O)N2c2nncs2)c1. The third kappa shape index (κ3) is 3.02. The summed E-state index contributed by atoms with van der Waals surface area (Å²) in [5, 5.41) is 8.83. The molecule has 1 atom stereocenters. The van der Waals surface area contributed by atoms with Crippen molar-refractivity contribution < 1.29 is 13.9 Å². The Kier molecular flexibility index (Phi) is 4.59. The van der Waals surface area contributed by atoms with Gasteiger partial charge in [-0.15, -0.1) is 10.2 Å². The molecule has 1 amide bonds. The Labute approximate surface area is 181 Å². The van der Waals surface area contributed by atoms with Crippen molar-refractivity contribution in [2.24, 2.45) is 0 Å². The lowest BCUT2D eigenvalue weighted by Gasteiger charge is -2.22. The summed E-state index contributed by atoms with van der Waals surface area (Å²) in [6.45, 7) is 6.30. The molecule has 7 nitrogen and oxygen atoms in total. The van der Waals surface area contributed by atoms with E-state index < -0.39 is 11.9 Å². The van der Waals surface area contributed by atoms with Gasteiger partial charge in [-0.25, -0.2) is 0 Å². The summed E-state index contributed by atoms with van der Waals surface area (Å²) >= 11 is 1.23. The molecule has 31 heavy (non-hydrogen) atoms. The highest BCUT2D eigenvalue weighted by Gasteiger charge is 2.45. The molecule has 4 aromatic rings. The van der Waals surface area contributed by atoms with Crippen LogP contribution in [0.1, 0.15) is 45.8 Å². The molecule has 0 fully saturated rings. The smallest absolute Gasteiger partial charge is 0.297 e. The molecule has 8 heteroatoms. The van der Waals surface area contributed by atoms with E-state index in [0.717, 1.165) is 16.7 Å². The van der Waals surface area contributed by atoms with Gasteiger partial charge in [0.15, 0.2) is 5.43 Å². The van der Waals surface area contributed by atoms with Crippen molar-refractivity contribution in [2.75, 3.05) is 11.5 Å². The van der Waals surface area contributed by atoms with Crippen LogP contribution in [0.2, 0.25) is 0 Å². The zero-order valence-electron chi connectivity index (χ0n) is 17.2. The van der Waals surface area contributed by atoms with Crippen molar-refractivity contribution in [1.82, 2.24) is 10.2 Å². The second-order valence-electron chi connectivity index (χ2n) is 7.41. The van der Waals surface area contributed by atoms with Gasteiger partial charge in [-0.3, -0.25) is 14.5 Å². The molecule has 5 rings (SSSR count). The Bertz CT molecular complexity index is 1380. The molecular weight excluding hydrogens is 414 g/mol. The standard InChI is InChI=1S/C23H19N3O4S/c1-4-29-15-7-5-6-14(10-15)19-18-20(27)16-8-12(2)13(3)9-17(16)30-21(18)22(28)26(19)23-25-24-11-31-23/h5-11,19H,4H2,1-3H3. The lowest BCUT2D eigenvalue weighted by molar-refractivity contribution is 0.0970. The van der Waals surface area contributed by atoms with E-state index in [9.17, 15) is 9.59 Å². The van der Waals surface area contributed by atoms with Crippen LogP contribution in [0.15, 0.2) is 51.1 Å². The Morgan fingerprint density at radius 1 is 1.16 bits per heavy atom. The summed E-state index contributed by atoms with van der Waals surface area (Å²) in [4.78, 5) is 28.6. The average molecular weight is 433 g/mol. The minimum atomic E-state index is -0.682. The highest BCUT2D eigenvalue weighted by atomic mass is 32.1. The number of aryl methyl sites for hydroxylation is 2. The fraction of sp³-hybridized carbons (Fsp3) is 0.217. The first-order valence-corrected chi connectivity index (χ1v) is 10.8. The Morgan fingerprint density at radius 2 is 1.97 bits per heavy atom. The van der Waals surface area contributed by atoms with Gasteiger partial charge in [0.25, 0.3) is 5.91 Å². The first-order chi connectivity index (χ1) is 15.0. The van der Waals surface area contributed by atoms with Crippen LogP contribution in [0.3, 0.4) is 0 Å². The van der Waals surface area contributed by atoms with Crippen LogP contribution < -0.4 is 15.1 Å². The number of carbonyl (C=O) groups excluding carboxylic acids is 1. The van der Waals surface area contributed by atoms with E-state index in [1.165, 1.54) is 16.2 Å². The van der Waals surface area contributed by atoms with E-state index in [0.29, 0.717) is 34.0 Å². The molecule has 0 spiro atoms. The number of benzene rings is 2. The van der Waals surface area contributed by atoms with Gasteiger partial charge < -0.3 is 9.15 Å². The highest BCUT2D eigenvalue weighted by Crippen LogP contribution is 2.42. The van der Waals surface area contributed by atoms with Crippen molar-refractivity contribution in [2.45, 2.75) is 26.8 Å². The van der Waals surface area contributed by atoms with E-state index in [4.69, 9.17) is 9.15 Å². The number of hydrogen-bond acceptors (Lipinski definition) is 7. The quantitative estimate of drug-likeness (QED) is 0.474. The lowest BCUT2D eigenvalue weighted by atomic mass is 9.97. The Hall–Kier alpha value is -3.52. The molecule has 2 aromatic heterocycles. The van der Waals surface area contributed by atoms with Crippen LogP contribution in [0.5, 0.6) is 5.75 Å². The van der Waals surface area contributed by atoms with Crippen LogP contribution in [-0.2, 0) is 0 Å². The number of nitrogens with zero attached hydrogens (tertiary/aromatic N) is 3. The minimum Gasteiger partial charge on any atom is -0.494 e. The number of carbonyl (C=O) groups is 1. The van der Waals surface area contributed by atoms with Crippen LogP contribution in [0, 0.1) is 13.8 Å². The van der Waals surface area contributed by atoms with Gasteiger partial charge in [0, 0.05) is 0 Å². The van der Waals surface area contributed by atoms with Gasteiger partial charge in [0.05, 0.1) is 23.6 Å². The van der Waals surface area contributed by atoms with Gasteiger partial charge >= 0.3 is 0 Å². The number of hydrogen-bond donors (Lipinski definition) is 0. The van der Waals surface area contributed by atoms with Crippen molar-refractivity contribution in [3.05, 3.63) is 80.1 Å². The lowest BCUT2D eigenvalue weighted by Crippen LogP contribution is -2.29. The second kappa shape index (κ2) is 7.31. The molecule has 0 radical (unpaired) electrons. The summed E-state index contributed by atoms with van der Waals surface area (Å²) in [7, 11) is 0. The van der Waals surface area contributed by atoms with Crippen molar-refractivity contribution >= 4 is 33.3 Å². The van der Waals surface area contributed by atoms with E-state index >= 15 is 0 Å². The molecule has 1 aliphatic rings. The molecule has 0 aliphatic carbocycles. The number of aromatic nitrogens is 2. The zero-order valence-corrected chi connectivity index (χ0v) is 18.0. The van der Waals surface area contributed by atoms with E-state index in [1.807, 2.05) is 51.1 Å². The maximum atomic E-state index is 13.6. The normalized spacial score (nSPS) is 15.5. The minimum absolute atomic E-state index is 0.0442. The van der Waals surface area contributed by atoms with Gasteiger partial charge in [-0.1, -0.05) is 23.5 Å². The van der Waals surface area contributed by atoms with Gasteiger partial charge in [0.1, 0.15) is 16.8 Å². The molecule has 156 valence electrons. The summed E-state index contributed by atoms with van der Waals surface area (Å²) in [5.74, 6) is 0.299. The van der Waals surface area contributed by atoms with Crippen LogP contribution >= 0.6 is 11.3 Å². The molecule has 2 aromatic carbocycles. The summed E-state index contributed by atoms with van der Waals surface area (Å²) in [5.41, 5.74) is 4.77. The monoisotopic (exact) mass is 433 g/mol. The predicted octanol–water partition coefficient (Wildman–Crippen LogP) is 4.41. The molecule has 1 unspecified atom stereocenters. The van der Waals surface area contributed by atoms with Gasteiger partial charge in [0.2, 0.25) is 10.9 Å². The average Bonchev–Trinajstić information content (AvgIpc) is 3.37. The zero-order chi connectivity index (χ0) is 21.7. The molecular formula is C23H19N3O4S. The Morgan fingerprint density at radius 3 is 2.71 bits per heavy atom. The summed E-state index contributed by atoms with van der Waals surface area (Å²) in [6, 6.07) is 10.3. The van der Waals surface area contributed by atoms with Crippen LogP contribution in [-0.4, -0.2) is 22.7 Å². The van der Waals surface area contributed by atoms with Crippen LogP contribution in [0.25, 0.3) is 11.0 Å². The maximum absolute atomic E-state index is 13.6. The van der Waals surface area contributed by atoms with E-state index in [-0.39, 0.29) is 11.2 Å². The van der Waals surface area contributed by atoms with Crippen molar-refractivity contribution in [1.29, 1.82) is 0 Å². The molecule has 0 saturated carbocycles. The third-order valence-electron chi connectivity index (χ3n) is 5.53. The highest BCUT2D eigenvalue weighted by molar-refractivity contribution is 7.13. The van der Waals surface area contributed by atoms with E-state index in [1.54, 1.807) is 11.6 Å². The molecule has 0 N–H and O–H groups in total. The molecule has 3 heterocycles. The predicted molar refractivity (Wildman–Crippen MR) is 118 cm³/mol. The van der Waals surface area contributed by atoms with Crippen molar-refractivity contribution in [3.8, 4) is 5.75 Å². The summed E-state index contributed by atoms with van der Waals surface area (Å²) < 4.78 is 11.7. The topological polar surface area (TPSA) is 85.5 Å². The molecule has 0 bridgehead atoms. The fourth-order valence-corrected chi connectivity index (χ4v) is 4.54. The maximum Gasteiger partial charge on any atom is 0.297 e. The Balaban J connectivity index is 1.80. The summed E-state index contributed by atoms with van der Waals surface area (Å²) in [6.07, 6.45) is 0. The van der Waals surface area contributed by atoms with E-state index in [2.05, 4.69) is 10.2 Å². The largest absolute Gasteiger partial charge is 0.494 e. The second-order valence-corrected chi connectivity index (χ2v) is 8.22. The number of fused-ring (bicyclic) bond motifs is 2. The van der Waals surface area contributed by atoms with Gasteiger partial charge in [-0.05, 0) is 61.7 Å². The number of rotatable bonds is 4. The van der Waals surface area contributed by atoms with Crippen molar-refractivity contribution in [3.63, 3.8) is 0 Å². The number of anilines is 1. The first kappa shape index (κ1) is 19.4. The van der Waals surface area contributed by atoms with Gasteiger partial charge in [-0.2, -0.15) is 0 Å². The fourth-order valence-electron chi connectivity index (χ4n) is 3.95. The first-order valence-electron chi connectivity index (χ1n) is 9.90. The third-order valence-corrected chi connectivity index (χ3v) is 6.21. The molecule has 0 saturated heterocycles. The number of ether oxygens (including phenoxy) is 1. The molecule has 1 aliphatic heterocycles. The number of amides is 1. The van der Waals surface area contributed by atoms with Crippen LogP contribution in [0.4, 0.5) is 5.13 Å².